The molecule has 0 aromatic heterocycles. The molecular formula is C20H37N2OP. The van der Waals surface area contributed by atoms with E-state index >= 15 is 0 Å². The molecule has 3 nitrogen and oxygen atoms in total. The highest BCUT2D eigenvalue weighted by Crippen LogP contribution is 2.46. The smallest absolute Gasteiger partial charge is 0.188 e. The largest absolute Gasteiger partial charge is 0.327 e. The highest BCUT2D eigenvalue weighted by molar-refractivity contribution is 7.47. The fourth-order valence-corrected chi connectivity index (χ4v) is 5.19. The zero-order chi connectivity index (χ0) is 17.8. The first-order valence-corrected chi connectivity index (χ1v) is 10.8. The van der Waals surface area contributed by atoms with Gasteiger partial charge in [0.2, 0.25) is 0 Å². The van der Waals surface area contributed by atoms with Crippen molar-refractivity contribution in [1.29, 1.82) is 0 Å². The first-order chi connectivity index (χ1) is 11.7. The van der Waals surface area contributed by atoms with Crippen LogP contribution >= 0.6 is 8.45 Å². The summed E-state index contributed by atoms with van der Waals surface area (Å²) in [6.07, 6.45) is 4.72. The van der Waals surface area contributed by atoms with Gasteiger partial charge in [-0.3, -0.25) is 0 Å². The van der Waals surface area contributed by atoms with E-state index in [1.807, 2.05) is 0 Å². The molecular weight excluding hydrogens is 315 g/mol. The molecule has 0 fully saturated rings. The maximum absolute atomic E-state index is 6.52. The fraction of sp³-hybridized carbons (Fsp3) is 0.700. The Balaban J connectivity index is 2.85. The zero-order valence-corrected chi connectivity index (χ0v) is 17.3. The van der Waals surface area contributed by atoms with Crippen LogP contribution in [-0.4, -0.2) is 35.5 Å². The van der Waals surface area contributed by atoms with Crippen molar-refractivity contribution in [3.05, 3.63) is 35.4 Å². The first-order valence-electron chi connectivity index (χ1n) is 9.64. The summed E-state index contributed by atoms with van der Waals surface area (Å²) in [5.41, 5.74) is 2.58. The molecule has 0 radical (unpaired) electrons. The predicted molar refractivity (Wildman–Crippen MR) is 107 cm³/mol. The van der Waals surface area contributed by atoms with Crippen molar-refractivity contribution in [2.75, 3.05) is 26.2 Å². The van der Waals surface area contributed by atoms with Gasteiger partial charge >= 0.3 is 0 Å². The molecule has 0 unspecified atom stereocenters. The van der Waals surface area contributed by atoms with Gasteiger partial charge in [0, 0.05) is 26.2 Å². The molecule has 1 aromatic rings. The molecule has 24 heavy (non-hydrogen) atoms. The molecule has 138 valence electrons. The minimum atomic E-state index is -0.676. The molecule has 0 bridgehead atoms. The zero-order valence-electron chi connectivity index (χ0n) is 16.4. The third-order valence-electron chi connectivity index (χ3n) is 3.88. The minimum Gasteiger partial charge on any atom is -0.327 e. The Morgan fingerprint density at radius 3 is 1.54 bits per heavy atom. The van der Waals surface area contributed by atoms with E-state index in [2.05, 4.69) is 68.2 Å². The molecule has 0 atom stereocenters. The van der Waals surface area contributed by atoms with Crippen molar-refractivity contribution in [3.8, 4) is 0 Å². The molecule has 0 heterocycles. The third kappa shape index (κ3) is 7.61. The van der Waals surface area contributed by atoms with E-state index in [-0.39, 0.29) is 0 Å². The van der Waals surface area contributed by atoms with E-state index in [0.29, 0.717) is 6.61 Å². The lowest BCUT2D eigenvalue weighted by molar-refractivity contribution is 0.244. The fourth-order valence-electron chi connectivity index (χ4n) is 2.76. The van der Waals surface area contributed by atoms with Crippen LogP contribution in [0.4, 0.5) is 0 Å². The summed E-state index contributed by atoms with van der Waals surface area (Å²) in [6, 6.07) is 8.73. The Labute approximate surface area is 151 Å². The summed E-state index contributed by atoms with van der Waals surface area (Å²) in [5, 5.41) is 0. The Kier molecular flexibility index (Phi) is 11.5. The maximum atomic E-state index is 6.52. The molecule has 0 amide bonds. The van der Waals surface area contributed by atoms with E-state index < -0.39 is 8.45 Å². The Hall–Kier alpha value is -0.470. The minimum absolute atomic E-state index is 0.676. The predicted octanol–water partition coefficient (Wildman–Crippen LogP) is 5.98. The van der Waals surface area contributed by atoms with Crippen LogP contribution in [-0.2, 0) is 11.1 Å². The second kappa shape index (κ2) is 12.8. The van der Waals surface area contributed by atoms with E-state index in [1.165, 1.54) is 36.8 Å². The standard InChI is InChI=1S/C20H37N2OP/c1-6-14-21(15-7-2)24(22(16-8-3)17-9-4)23-18-20-12-10-19(5)11-13-20/h10-13H,6-9,14-18H2,1-5H3. The molecule has 0 spiro atoms. The van der Waals surface area contributed by atoms with Crippen LogP contribution in [0.1, 0.15) is 64.5 Å². The third-order valence-corrected chi connectivity index (χ3v) is 6.01. The molecule has 0 saturated carbocycles. The molecule has 0 aliphatic carbocycles. The summed E-state index contributed by atoms with van der Waals surface area (Å²) in [6.45, 7) is 16.4. The molecule has 0 N–H and O–H groups in total. The monoisotopic (exact) mass is 352 g/mol. The summed E-state index contributed by atoms with van der Waals surface area (Å²) >= 11 is 0. The molecule has 0 saturated heterocycles. The SMILES string of the molecule is CCCN(CCC)P(OCc1ccc(C)cc1)N(CCC)CCC. The Bertz CT molecular complexity index is 396. The molecule has 0 aliphatic rings. The normalized spacial score (nSPS) is 11.8. The van der Waals surface area contributed by atoms with Gasteiger partial charge in [-0.05, 0) is 38.2 Å². The lowest BCUT2D eigenvalue weighted by Crippen LogP contribution is -2.32. The first kappa shape index (κ1) is 21.6. The van der Waals surface area contributed by atoms with Crippen LogP contribution in [0.2, 0.25) is 0 Å². The summed E-state index contributed by atoms with van der Waals surface area (Å²) in [5.74, 6) is 0. The van der Waals surface area contributed by atoms with Gasteiger partial charge in [-0.15, -0.1) is 0 Å². The second-order valence-electron chi connectivity index (χ2n) is 6.42. The topological polar surface area (TPSA) is 15.7 Å². The molecule has 1 aromatic carbocycles. The maximum Gasteiger partial charge on any atom is 0.188 e. The average molecular weight is 353 g/mol. The highest BCUT2D eigenvalue weighted by Gasteiger charge is 2.25. The van der Waals surface area contributed by atoms with Gasteiger partial charge in [-0.1, -0.05) is 57.5 Å². The second-order valence-corrected chi connectivity index (χ2v) is 8.31. The van der Waals surface area contributed by atoms with E-state index in [9.17, 15) is 0 Å². The van der Waals surface area contributed by atoms with Crippen molar-refractivity contribution in [2.24, 2.45) is 0 Å². The number of hydrogen-bond acceptors (Lipinski definition) is 3. The van der Waals surface area contributed by atoms with Crippen molar-refractivity contribution >= 4 is 8.45 Å². The van der Waals surface area contributed by atoms with Crippen LogP contribution in [0.5, 0.6) is 0 Å². The highest BCUT2D eigenvalue weighted by atomic mass is 31.2. The van der Waals surface area contributed by atoms with Crippen molar-refractivity contribution in [1.82, 2.24) is 9.34 Å². The van der Waals surface area contributed by atoms with E-state index in [1.54, 1.807) is 0 Å². The van der Waals surface area contributed by atoms with Gasteiger partial charge in [-0.2, -0.15) is 0 Å². The van der Waals surface area contributed by atoms with Gasteiger partial charge in [0.1, 0.15) is 0 Å². The summed E-state index contributed by atoms with van der Waals surface area (Å²) in [7, 11) is -0.676. The molecule has 1 rings (SSSR count). The van der Waals surface area contributed by atoms with Gasteiger partial charge < -0.3 is 4.52 Å². The number of benzene rings is 1. The average Bonchev–Trinajstić information content (AvgIpc) is 2.57. The Morgan fingerprint density at radius 2 is 1.17 bits per heavy atom. The van der Waals surface area contributed by atoms with E-state index in [4.69, 9.17) is 4.52 Å². The van der Waals surface area contributed by atoms with Crippen molar-refractivity contribution < 1.29 is 4.52 Å². The number of hydrogen-bond donors (Lipinski definition) is 0. The molecule has 0 aliphatic heterocycles. The quantitative estimate of drug-likeness (QED) is 0.406. The van der Waals surface area contributed by atoms with Gasteiger partial charge in [-0.25, -0.2) is 9.34 Å². The van der Waals surface area contributed by atoms with Crippen LogP contribution < -0.4 is 0 Å². The van der Waals surface area contributed by atoms with Crippen LogP contribution in [0.15, 0.2) is 24.3 Å². The van der Waals surface area contributed by atoms with Crippen molar-refractivity contribution in [2.45, 2.75) is 66.9 Å². The lowest BCUT2D eigenvalue weighted by Gasteiger charge is -2.38. The number of rotatable bonds is 13. The summed E-state index contributed by atoms with van der Waals surface area (Å²) < 4.78 is 11.7. The van der Waals surface area contributed by atoms with Gasteiger partial charge in [0.15, 0.2) is 8.45 Å². The number of aryl methyl sites for hydroxylation is 1. The van der Waals surface area contributed by atoms with Crippen LogP contribution in [0.25, 0.3) is 0 Å². The lowest BCUT2D eigenvalue weighted by atomic mass is 10.2. The van der Waals surface area contributed by atoms with Crippen LogP contribution in [0.3, 0.4) is 0 Å². The molecule has 4 heteroatoms. The number of nitrogens with zero attached hydrogens (tertiary/aromatic N) is 2. The van der Waals surface area contributed by atoms with Gasteiger partial charge in [0.05, 0.1) is 6.61 Å². The van der Waals surface area contributed by atoms with E-state index in [0.717, 1.165) is 26.2 Å². The van der Waals surface area contributed by atoms with Crippen LogP contribution in [0, 0.1) is 6.92 Å². The van der Waals surface area contributed by atoms with Gasteiger partial charge in [0.25, 0.3) is 0 Å². The Morgan fingerprint density at radius 1 is 0.750 bits per heavy atom. The summed E-state index contributed by atoms with van der Waals surface area (Å²) in [4.78, 5) is 0. The van der Waals surface area contributed by atoms with Crippen molar-refractivity contribution in [3.63, 3.8) is 0 Å².